The molecule has 2 aromatic carbocycles. The van der Waals surface area contributed by atoms with E-state index in [4.69, 9.17) is 14.2 Å². The molecule has 10 heteroatoms. The summed E-state index contributed by atoms with van der Waals surface area (Å²) in [6.07, 6.45) is -0.169. The highest BCUT2D eigenvalue weighted by Gasteiger charge is 2.57. The number of fused-ring (bicyclic) bond motifs is 1. The number of aliphatic hydroxyl groups is 1. The quantitative estimate of drug-likeness (QED) is 0.262. The van der Waals surface area contributed by atoms with Gasteiger partial charge in [0.25, 0.3) is 0 Å². The van der Waals surface area contributed by atoms with E-state index in [0.717, 1.165) is 9.13 Å². The van der Waals surface area contributed by atoms with Crippen LogP contribution in [0.1, 0.15) is 12.5 Å². The van der Waals surface area contributed by atoms with E-state index < -0.39 is 23.8 Å². The van der Waals surface area contributed by atoms with Crippen molar-refractivity contribution >= 4 is 34.5 Å². The van der Waals surface area contributed by atoms with Crippen molar-refractivity contribution in [3.8, 4) is 17.2 Å². The van der Waals surface area contributed by atoms with Crippen LogP contribution in [-0.2, 0) is 16.0 Å². The summed E-state index contributed by atoms with van der Waals surface area (Å²) in [4.78, 5) is 22.7. The first-order chi connectivity index (χ1) is 14.7. The van der Waals surface area contributed by atoms with Gasteiger partial charge in [-0.2, -0.15) is 0 Å². The van der Waals surface area contributed by atoms with Crippen molar-refractivity contribution in [3.05, 3.63) is 51.6 Å². The van der Waals surface area contributed by atoms with Crippen molar-refractivity contribution in [2.45, 2.75) is 31.3 Å². The van der Waals surface area contributed by atoms with E-state index in [1.807, 2.05) is 31.2 Å². The van der Waals surface area contributed by atoms with Gasteiger partial charge in [0.05, 0.1) is 0 Å². The van der Waals surface area contributed by atoms with Crippen LogP contribution in [-0.4, -0.2) is 58.3 Å². The second-order valence-electron chi connectivity index (χ2n) is 7.15. The highest BCUT2D eigenvalue weighted by atomic mass is 127. The number of carboxylic acid groups (broad SMARTS) is 2. The molecular formula is C21H22INO8. The molecule has 0 bridgehead atoms. The fraction of sp³-hybridized carbons (Fsp3) is 0.333. The van der Waals surface area contributed by atoms with Gasteiger partial charge in [-0.05, 0) is 71.8 Å². The first-order valence-corrected chi connectivity index (χ1v) is 10.5. The third-order valence-electron chi connectivity index (χ3n) is 4.56. The van der Waals surface area contributed by atoms with Crippen LogP contribution in [0.2, 0.25) is 0 Å². The lowest BCUT2D eigenvalue weighted by molar-refractivity contribution is -0.194. The maximum Gasteiger partial charge on any atom is 0.453 e. The standard InChI is InChI=1S/C21H22INO8/c1-12(23-10-15(24)11-29-16-4-2-3-14(22)9-16)7-13-5-6-17-18(8-13)31-21(30-17,19(25)26)20(27)28/h2-6,8-9,12,15,23-24H,7,10-11H2,1H3,(H,25,26)(H,27,28). The number of benzene rings is 2. The van der Waals surface area contributed by atoms with Crippen LogP contribution in [0.3, 0.4) is 0 Å². The molecule has 4 N–H and O–H groups in total. The van der Waals surface area contributed by atoms with Gasteiger partial charge in [-0.25, -0.2) is 9.59 Å². The molecule has 0 saturated carbocycles. The summed E-state index contributed by atoms with van der Waals surface area (Å²) in [6, 6.07) is 12.2. The highest BCUT2D eigenvalue weighted by molar-refractivity contribution is 14.1. The lowest BCUT2D eigenvalue weighted by Gasteiger charge is -2.18. The molecule has 0 aromatic heterocycles. The van der Waals surface area contributed by atoms with Crippen molar-refractivity contribution in [2.24, 2.45) is 0 Å². The van der Waals surface area contributed by atoms with Crippen LogP contribution in [0.4, 0.5) is 0 Å². The molecule has 0 spiro atoms. The minimum atomic E-state index is -2.77. The van der Waals surface area contributed by atoms with E-state index in [1.54, 1.807) is 12.1 Å². The van der Waals surface area contributed by atoms with Gasteiger partial charge in [-0.15, -0.1) is 0 Å². The molecule has 1 aliphatic rings. The Balaban J connectivity index is 1.50. The molecule has 1 heterocycles. The molecule has 2 unspecified atom stereocenters. The summed E-state index contributed by atoms with van der Waals surface area (Å²) in [5.74, 6) is -5.45. The zero-order valence-electron chi connectivity index (χ0n) is 16.6. The summed E-state index contributed by atoms with van der Waals surface area (Å²) in [5, 5.41) is 31.7. The number of nitrogens with one attached hydrogen (secondary N) is 1. The molecule has 1 aliphatic heterocycles. The predicted molar refractivity (Wildman–Crippen MR) is 118 cm³/mol. The summed E-state index contributed by atoms with van der Waals surface area (Å²) in [7, 11) is 0. The summed E-state index contributed by atoms with van der Waals surface area (Å²) in [6.45, 7) is 2.39. The second-order valence-corrected chi connectivity index (χ2v) is 8.39. The van der Waals surface area contributed by atoms with Crippen molar-refractivity contribution in [2.75, 3.05) is 13.2 Å². The third kappa shape index (κ3) is 5.57. The van der Waals surface area contributed by atoms with E-state index in [2.05, 4.69) is 27.9 Å². The average molecular weight is 543 g/mol. The number of aliphatic carboxylic acids is 2. The van der Waals surface area contributed by atoms with Crippen LogP contribution in [0.15, 0.2) is 42.5 Å². The fourth-order valence-corrected chi connectivity index (χ4v) is 3.53. The number of carboxylic acids is 2. The Hall–Kier alpha value is -2.57. The van der Waals surface area contributed by atoms with Crippen molar-refractivity contribution in [3.63, 3.8) is 0 Å². The zero-order chi connectivity index (χ0) is 22.6. The van der Waals surface area contributed by atoms with Crippen LogP contribution >= 0.6 is 22.6 Å². The van der Waals surface area contributed by atoms with E-state index in [1.165, 1.54) is 6.07 Å². The summed E-state index contributed by atoms with van der Waals surface area (Å²) in [5.41, 5.74) is 0.790. The summed E-state index contributed by atoms with van der Waals surface area (Å²) < 4.78 is 16.8. The maximum atomic E-state index is 11.3. The lowest BCUT2D eigenvalue weighted by atomic mass is 10.1. The van der Waals surface area contributed by atoms with Crippen LogP contribution in [0.5, 0.6) is 17.2 Å². The molecule has 31 heavy (non-hydrogen) atoms. The van der Waals surface area contributed by atoms with Crippen LogP contribution in [0.25, 0.3) is 0 Å². The van der Waals surface area contributed by atoms with Crippen LogP contribution in [0, 0.1) is 3.57 Å². The Kier molecular flexibility index (Phi) is 7.23. The fourth-order valence-electron chi connectivity index (χ4n) is 3.01. The SMILES string of the molecule is CC(Cc1ccc2c(c1)OC(C(=O)O)(C(=O)O)O2)NCC(O)COc1cccc(I)c1. The maximum absolute atomic E-state index is 11.3. The Bertz CT molecular complexity index is 952. The van der Waals surface area contributed by atoms with E-state index in [-0.39, 0.29) is 24.1 Å². The van der Waals surface area contributed by atoms with Gasteiger partial charge in [-0.3, -0.25) is 0 Å². The topological polar surface area (TPSA) is 135 Å². The Morgan fingerprint density at radius 2 is 1.84 bits per heavy atom. The summed E-state index contributed by atoms with van der Waals surface area (Å²) >= 11 is 2.19. The molecule has 2 atom stereocenters. The molecule has 9 nitrogen and oxygen atoms in total. The zero-order valence-corrected chi connectivity index (χ0v) is 18.7. The van der Waals surface area contributed by atoms with Crippen molar-refractivity contribution < 1.29 is 39.1 Å². The number of carbonyl (C=O) groups is 2. The first kappa shape index (κ1) is 23.1. The average Bonchev–Trinajstić information content (AvgIpc) is 3.11. The minimum absolute atomic E-state index is 0.0311. The molecule has 0 saturated heterocycles. The number of rotatable bonds is 10. The van der Waals surface area contributed by atoms with Gasteiger partial charge in [0.2, 0.25) is 0 Å². The third-order valence-corrected chi connectivity index (χ3v) is 5.23. The van der Waals surface area contributed by atoms with Gasteiger partial charge < -0.3 is 34.8 Å². The van der Waals surface area contributed by atoms with Crippen molar-refractivity contribution in [1.82, 2.24) is 5.32 Å². The van der Waals surface area contributed by atoms with Gasteiger partial charge in [0.15, 0.2) is 11.5 Å². The molecule has 0 amide bonds. The molecule has 166 valence electrons. The molecule has 3 rings (SSSR count). The predicted octanol–water partition coefficient (Wildman–Crippen LogP) is 1.89. The van der Waals surface area contributed by atoms with E-state index in [0.29, 0.717) is 18.7 Å². The highest BCUT2D eigenvalue weighted by Crippen LogP contribution is 2.40. The molecule has 2 aromatic rings. The largest absolute Gasteiger partial charge is 0.491 e. The normalized spacial score (nSPS) is 15.8. The monoisotopic (exact) mass is 543 g/mol. The molecule has 0 aliphatic carbocycles. The Labute approximate surface area is 192 Å². The Morgan fingerprint density at radius 1 is 1.13 bits per heavy atom. The number of halogens is 1. The van der Waals surface area contributed by atoms with Crippen molar-refractivity contribution in [1.29, 1.82) is 0 Å². The van der Waals surface area contributed by atoms with Gasteiger partial charge in [0, 0.05) is 16.2 Å². The van der Waals surface area contributed by atoms with E-state index in [9.17, 15) is 24.9 Å². The minimum Gasteiger partial charge on any atom is -0.491 e. The molecule has 0 radical (unpaired) electrons. The van der Waals surface area contributed by atoms with Gasteiger partial charge in [-0.1, -0.05) is 12.1 Å². The first-order valence-electron chi connectivity index (χ1n) is 9.47. The van der Waals surface area contributed by atoms with Crippen LogP contribution < -0.4 is 19.5 Å². The van der Waals surface area contributed by atoms with Gasteiger partial charge >= 0.3 is 17.7 Å². The number of hydrogen-bond acceptors (Lipinski definition) is 7. The van der Waals surface area contributed by atoms with Gasteiger partial charge in [0.1, 0.15) is 18.5 Å². The number of ether oxygens (including phenoxy) is 3. The molecule has 0 fully saturated rings. The number of hydrogen-bond donors (Lipinski definition) is 4. The Morgan fingerprint density at radius 3 is 2.52 bits per heavy atom. The second kappa shape index (κ2) is 9.71. The lowest BCUT2D eigenvalue weighted by Crippen LogP contribution is -2.54. The number of aliphatic hydroxyl groups excluding tert-OH is 1. The smallest absolute Gasteiger partial charge is 0.453 e. The molecular weight excluding hydrogens is 521 g/mol. The van der Waals surface area contributed by atoms with E-state index >= 15 is 0 Å².